The van der Waals surface area contributed by atoms with Crippen LogP contribution in [-0.4, -0.2) is 20.7 Å². The molecule has 2 rings (SSSR count). The molecule has 0 aliphatic rings. The lowest BCUT2D eigenvalue weighted by atomic mass is 10.2. The number of carbonyl (C=O) groups excluding carboxylic acids is 1. The average Bonchev–Trinajstić information content (AvgIpc) is 2.43. The van der Waals surface area contributed by atoms with Crippen LogP contribution in [0, 0.1) is 0 Å². The summed E-state index contributed by atoms with van der Waals surface area (Å²) in [5.74, 6) is -0.423. The summed E-state index contributed by atoms with van der Waals surface area (Å²) < 4.78 is 2.45. The van der Waals surface area contributed by atoms with Crippen LogP contribution < -0.4 is 11.3 Å². The predicted octanol–water partition coefficient (Wildman–Crippen LogP) is 2.53. The molecular weight excluding hydrogens is 354 g/mol. The number of benzene rings is 1. The average molecular weight is 370 g/mol. The Morgan fingerprint density at radius 2 is 2.24 bits per heavy atom. The molecular formula is C14H16BrN3O2S. The van der Waals surface area contributed by atoms with Crippen molar-refractivity contribution >= 4 is 44.5 Å². The molecule has 0 saturated heterocycles. The first-order chi connectivity index (χ1) is 9.93. The summed E-state index contributed by atoms with van der Waals surface area (Å²) >= 11 is 4.58. The second-order valence-corrected chi connectivity index (χ2v) is 6.90. The van der Waals surface area contributed by atoms with E-state index >= 15 is 0 Å². The van der Waals surface area contributed by atoms with Crippen LogP contribution in [0.4, 0.5) is 0 Å². The maximum absolute atomic E-state index is 12.6. The Hall–Kier alpha value is -1.34. The number of nitrogens with zero attached hydrogens (tertiary/aromatic N) is 2. The van der Waals surface area contributed by atoms with Crippen molar-refractivity contribution in [3.8, 4) is 0 Å². The molecule has 0 saturated carbocycles. The highest BCUT2D eigenvalue weighted by atomic mass is 79.9. The number of amides is 1. The summed E-state index contributed by atoms with van der Waals surface area (Å²) in [5.41, 5.74) is 5.82. The van der Waals surface area contributed by atoms with Gasteiger partial charge in [0.2, 0.25) is 5.91 Å². The van der Waals surface area contributed by atoms with Gasteiger partial charge >= 0.3 is 0 Å². The van der Waals surface area contributed by atoms with Gasteiger partial charge in [0.25, 0.3) is 5.56 Å². The molecule has 1 aromatic heterocycles. The van der Waals surface area contributed by atoms with Gasteiger partial charge in [0.1, 0.15) is 0 Å². The molecule has 0 aliphatic heterocycles. The molecule has 0 aliphatic carbocycles. The van der Waals surface area contributed by atoms with E-state index in [4.69, 9.17) is 5.73 Å². The molecule has 0 fully saturated rings. The first-order valence-corrected chi connectivity index (χ1v) is 8.27. The fourth-order valence-corrected chi connectivity index (χ4v) is 3.15. The molecule has 0 bridgehead atoms. The third kappa shape index (κ3) is 3.47. The van der Waals surface area contributed by atoms with E-state index in [1.807, 2.05) is 13.0 Å². The number of fused-ring (bicyclic) bond motifs is 1. The highest BCUT2D eigenvalue weighted by Crippen LogP contribution is 2.23. The van der Waals surface area contributed by atoms with Gasteiger partial charge in [-0.2, -0.15) is 0 Å². The Labute approximate surface area is 135 Å². The van der Waals surface area contributed by atoms with Crippen molar-refractivity contribution in [1.82, 2.24) is 9.55 Å². The zero-order valence-electron chi connectivity index (χ0n) is 11.8. The van der Waals surface area contributed by atoms with Gasteiger partial charge in [0.15, 0.2) is 5.16 Å². The maximum atomic E-state index is 12.6. The summed E-state index contributed by atoms with van der Waals surface area (Å²) in [5, 5.41) is 0.657. The third-order valence-corrected chi connectivity index (χ3v) is 4.61. The van der Waals surface area contributed by atoms with Crippen molar-refractivity contribution in [3.63, 3.8) is 0 Å². The summed E-state index contributed by atoms with van der Waals surface area (Å²) in [6.07, 6.45) is 0.805. The topological polar surface area (TPSA) is 78.0 Å². The summed E-state index contributed by atoms with van der Waals surface area (Å²) in [6, 6.07) is 5.39. The van der Waals surface area contributed by atoms with Crippen LogP contribution in [-0.2, 0) is 11.3 Å². The van der Waals surface area contributed by atoms with Crippen molar-refractivity contribution in [2.75, 3.05) is 0 Å². The minimum Gasteiger partial charge on any atom is -0.369 e. The number of carbonyl (C=O) groups is 1. The zero-order chi connectivity index (χ0) is 15.6. The lowest BCUT2D eigenvalue weighted by molar-refractivity contribution is -0.117. The first kappa shape index (κ1) is 16.0. The Balaban J connectivity index is 2.63. The van der Waals surface area contributed by atoms with Crippen LogP contribution in [0.25, 0.3) is 10.9 Å². The molecule has 21 heavy (non-hydrogen) atoms. The monoisotopic (exact) mass is 369 g/mol. The molecule has 5 nitrogen and oxygen atoms in total. The molecule has 0 spiro atoms. The molecule has 1 atom stereocenters. The number of hydrogen-bond acceptors (Lipinski definition) is 4. The fourth-order valence-electron chi connectivity index (χ4n) is 1.90. The molecule has 1 heterocycles. The van der Waals surface area contributed by atoms with Crippen molar-refractivity contribution in [3.05, 3.63) is 33.0 Å². The van der Waals surface area contributed by atoms with Crippen molar-refractivity contribution in [2.24, 2.45) is 5.73 Å². The number of rotatable bonds is 5. The Kier molecular flexibility index (Phi) is 5.05. The van der Waals surface area contributed by atoms with E-state index in [1.165, 1.54) is 11.8 Å². The minimum atomic E-state index is -0.437. The van der Waals surface area contributed by atoms with Crippen LogP contribution in [0.3, 0.4) is 0 Å². The largest absolute Gasteiger partial charge is 0.369 e. The van der Waals surface area contributed by atoms with Gasteiger partial charge in [0.05, 0.1) is 16.2 Å². The quantitative estimate of drug-likeness (QED) is 0.648. The van der Waals surface area contributed by atoms with E-state index < -0.39 is 11.2 Å². The van der Waals surface area contributed by atoms with Gasteiger partial charge < -0.3 is 5.73 Å². The van der Waals surface area contributed by atoms with E-state index in [1.54, 1.807) is 23.6 Å². The number of primary amides is 1. The Morgan fingerprint density at radius 3 is 2.86 bits per heavy atom. The number of halogens is 1. The standard InChI is InChI=1S/C14H16BrN3O2S/c1-3-6-18-13(20)10-7-9(15)4-5-11(10)17-14(18)21-8(2)12(16)19/h4-5,7-8H,3,6H2,1-2H3,(H2,16,19)/t8-/m0/s1. The van der Waals surface area contributed by atoms with Gasteiger partial charge in [-0.15, -0.1) is 0 Å². The molecule has 2 aromatic rings. The van der Waals surface area contributed by atoms with E-state index in [-0.39, 0.29) is 5.56 Å². The van der Waals surface area contributed by atoms with Gasteiger partial charge in [-0.25, -0.2) is 4.98 Å². The molecule has 112 valence electrons. The van der Waals surface area contributed by atoms with Crippen molar-refractivity contribution in [2.45, 2.75) is 37.2 Å². The summed E-state index contributed by atoms with van der Waals surface area (Å²) in [7, 11) is 0. The number of hydrogen-bond donors (Lipinski definition) is 1. The first-order valence-electron chi connectivity index (χ1n) is 6.60. The van der Waals surface area contributed by atoms with E-state index in [0.29, 0.717) is 22.6 Å². The second kappa shape index (κ2) is 6.62. The highest BCUT2D eigenvalue weighted by Gasteiger charge is 2.17. The molecule has 0 radical (unpaired) electrons. The molecule has 1 aromatic carbocycles. The Morgan fingerprint density at radius 1 is 1.52 bits per heavy atom. The zero-order valence-corrected chi connectivity index (χ0v) is 14.2. The van der Waals surface area contributed by atoms with E-state index in [2.05, 4.69) is 20.9 Å². The van der Waals surface area contributed by atoms with E-state index in [9.17, 15) is 9.59 Å². The molecule has 7 heteroatoms. The van der Waals surface area contributed by atoms with Gasteiger partial charge in [-0.3, -0.25) is 14.2 Å². The molecule has 1 amide bonds. The summed E-state index contributed by atoms with van der Waals surface area (Å²) in [4.78, 5) is 28.4. The molecule has 0 unspecified atom stereocenters. The minimum absolute atomic E-state index is 0.0951. The van der Waals surface area contributed by atoms with Gasteiger partial charge in [-0.1, -0.05) is 34.6 Å². The van der Waals surface area contributed by atoms with E-state index in [0.717, 1.165) is 10.9 Å². The van der Waals surface area contributed by atoms with Crippen LogP contribution >= 0.6 is 27.7 Å². The summed E-state index contributed by atoms with van der Waals surface area (Å²) in [6.45, 7) is 4.26. The predicted molar refractivity (Wildman–Crippen MR) is 88.5 cm³/mol. The normalized spacial score (nSPS) is 12.5. The third-order valence-electron chi connectivity index (χ3n) is 3.01. The van der Waals surface area contributed by atoms with Crippen LogP contribution in [0.15, 0.2) is 32.6 Å². The van der Waals surface area contributed by atoms with Gasteiger partial charge in [0, 0.05) is 11.0 Å². The van der Waals surface area contributed by atoms with Crippen LogP contribution in [0.2, 0.25) is 0 Å². The lowest BCUT2D eigenvalue weighted by Gasteiger charge is -2.14. The van der Waals surface area contributed by atoms with Gasteiger partial charge in [-0.05, 0) is 31.5 Å². The maximum Gasteiger partial charge on any atom is 0.262 e. The van der Waals surface area contributed by atoms with Crippen LogP contribution in [0.1, 0.15) is 20.3 Å². The number of thioether (sulfide) groups is 1. The second-order valence-electron chi connectivity index (χ2n) is 4.68. The SMILES string of the molecule is CCCn1c(S[C@@H](C)C(N)=O)nc2ccc(Br)cc2c1=O. The smallest absolute Gasteiger partial charge is 0.262 e. The van der Waals surface area contributed by atoms with Crippen LogP contribution in [0.5, 0.6) is 0 Å². The Bertz CT molecular complexity index is 745. The highest BCUT2D eigenvalue weighted by molar-refractivity contribution is 9.10. The van der Waals surface area contributed by atoms with Crippen molar-refractivity contribution < 1.29 is 4.79 Å². The molecule has 2 N–H and O–H groups in total. The lowest BCUT2D eigenvalue weighted by Crippen LogP contribution is -2.27. The van der Waals surface area contributed by atoms with Crippen molar-refractivity contribution in [1.29, 1.82) is 0 Å². The number of nitrogens with two attached hydrogens (primary N) is 1. The fraction of sp³-hybridized carbons (Fsp3) is 0.357. The number of aromatic nitrogens is 2.